The minimum Gasteiger partial charge on any atom is -0.484 e. The van der Waals surface area contributed by atoms with Crippen LogP contribution in [0.5, 0.6) is 5.75 Å². The smallest absolute Gasteiger partial charge is 0.146 e. The van der Waals surface area contributed by atoms with Crippen molar-refractivity contribution in [2.24, 2.45) is 5.73 Å². The Balaban J connectivity index is 2.12. The average molecular weight is 321 g/mol. The maximum absolute atomic E-state index is 6.01. The van der Waals surface area contributed by atoms with Crippen LogP contribution >= 0.6 is 34.8 Å². The van der Waals surface area contributed by atoms with Gasteiger partial charge < -0.3 is 14.9 Å². The van der Waals surface area contributed by atoms with Crippen molar-refractivity contribution in [1.29, 1.82) is 0 Å². The SMILES string of the molecule is Cc1cc(COc2cc(Cl)c(Cl)cc2Cl)oc1CN. The molecule has 1 heterocycles. The van der Waals surface area contributed by atoms with Crippen LogP contribution in [0.3, 0.4) is 0 Å². The lowest BCUT2D eigenvalue weighted by Crippen LogP contribution is -1.96. The van der Waals surface area contributed by atoms with E-state index in [0.717, 1.165) is 11.3 Å². The predicted octanol–water partition coefficient (Wildman–Crippen LogP) is 4.59. The van der Waals surface area contributed by atoms with Gasteiger partial charge in [0, 0.05) is 6.07 Å². The molecule has 0 saturated carbocycles. The minimum absolute atomic E-state index is 0.249. The number of aryl methyl sites for hydroxylation is 1. The van der Waals surface area contributed by atoms with E-state index in [0.29, 0.717) is 33.1 Å². The molecule has 1 aromatic heterocycles. The van der Waals surface area contributed by atoms with Crippen molar-refractivity contribution in [2.75, 3.05) is 0 Å². The summed E-state index contributed by atoms with van der Waals surface area (Å²) in [5.41, 5.74) is 6.55. The highest BCUT2D eigenvalue weighted by atomic mass is 35.5. The average Bonchev–Trinajstić information content (AvgIpc) is 2.73. The van der Waals surface area contributed by atoms with Crippen LogP contribution < -0.4 is 10.5 Å². The largest absolute Gasteiger partial charge is 0.484 e. The van der Waals surface area contributed by atoms with Gasteiger partial charge in [0.1, 0.15) is 23.9 Å². The molecule has 0 unspecified atom stereocenters. The zero-order valence-electron chi connectivity index (χ0n) is 10.2. The molecule has 0 atom stereocenters. The Kier molecular flexibility index (Phi) is 4.63. The predicted molar refractivity (Wildman–Crippen MR) is 77.1 cm³/mol. The van der Waals surface area contributed by atoms with Gasteiger partial charge in [0.15, 0.2) is 0 Å². The molecular formula is C13H12Cl3NO2. The summed E-state index contributed by atoms with van der Waals surface area (Å²) in [5.74, 6) is 1.89. The first-order chi connectivity index (χ1) is 9.01. The number of benzene rings is 1. The fourth-order valence-corrected chi connectivity index (χ4v) is 2.22. The minimum atomic E-state index is 0.249. The summed E-state index contributed by atoms with van der Waals surface area (Å²) < 4.78 is 11.1. The second kappa shape index (κ2) is 6.06. The molecule has 0 amide bonds. The second-order valence-corrected chi connectivity index (χ2v) is 5.23. The van der Waals surface area contributed by atoms with Crippen molar-refractivity contribution < 1.29 is 9.15 Å². The fraction of sp³-hybridized carbons (Fsp3) is 0.231. The maximum atomic E-state index is 6.01. The number of furan rings is 1. The summed E-state index contributed by atoms with van der Waals surface area (Å²) in [6.45, 7) is 2.54. The van der Waals surface area contributed by atoms with Gasteiger partial charge in [-0.1, -0.05) is 34.8 Å². The van der Waals surface area contributed by atoms with Gasteiger partial charge in [-0.2, -0.15) is 0 Å². The Morgan fingerprint density at radius 3 is 2.42 bits per heavy atom. The third kappa shape index (κ3) is 3.37. The summed E-state index contributed by atoms with van der Waals surface area (Å²) in [6.07, 6.45) is 0. The summed E-state index contributed by atoms with van der Waals surface area (Å²) >= 11 is 17.8. The Morgan fingerprint density at radius 2 is 1.79 bits per heavy atom. The molecule has 19 heavy (non-hydrogen) atoms. The van der Waals surface area contributed by atoms with Crippen molar-refractivity contribution in [2.45, 2.75) is 20.1 Å². The summed E-state index contributed by atoms with van der Waals surface area (Å²) in [7, 11) is 0. The lowest BCUT2D eigenvalue weighted by Gasteiger charge is -2.07. The summed E-state index contributed by atoms with van der Waals surface area (Å²) in [6, 6.07) is 5.00. The zero-order chi connectivity index (χ0) is 14.0. The standard InChI is InChI=1S/C13H12Cl3NO2/c1-7-2-8(19-13(7)5-17)6-18-12-4-10(15)9(14)3-11(12)16/h2-4H,5-6,17H2,1H3. The highest BCUT2D eigenvalue weighted by Crippen LogP contribution is 2.34. The number of ether oxygens (including phenoxy) is 1. The van der Waals surface area contributed by atoms with Gasteiger partial charge in [-0.25, -0.2) is 0 Å². The van der Waals surface area contributed by atoms with Crippen LogP contribution in [0, 0.1) is 6.92 Å². The fourth-order valence-electron chi connectivity index (χ4n) is 1.63. The van der Waals surface area contributed by atoms with Crippen molar-refractivity contribution >= 4 is 34.8 Å². The van der Waals surface area contributed by atoms with E-state index < -0.39 is 0 Å². The molecule has 3 nitrogen and oxygen atoms in total. The zero-order valence-corrected chi connectivity index (χ0v) is 12.4. The Hall–Kier alpha value is -0.870. The molecule has 0 aliphatic carbocycles. The highest BCUT2D eigenvalue weighted by Gasteiger charge is 2.10. The first kappa shape index (κ1) is 14.5. The number of halogens is 3. The second-order valence-electron chi connectivity index (χ2n) is 4.01. The first-order valence-corrected chi connectivity index (χ1v) is 6.70. The van der Waals surface area contributed by atoms with E-state index in [1.54, 1.807) is 12.1 Å². The van der Waals surface area contributed by atoms with Gasteiger partial charge in [0.25, 0.3) is 0 Å². The summed E-state index contributed by atoms with van der Waals surface area (Å²) in [4.78, 5) is 0. The monoisotopic (exact) mass is 319 g/mol. The Morgan fingerprint density at radius 1 is 1.11 bits per heavy atom. The van der Waals surface area contributed by atoms with Gasteiger partial charge in [-0.05, 0) is 24.6 Å². The lowest BCUT2D eigenvalue weighted by molar-refractivity contribution is 0.266. The van der Waals surface area contributed by atoms with Crippen LogP contribution in [-0.2, 0) is 13.2 Å². The number of rotatable bonds is 4. The quantitative estimate of drug-likeness (QED) is 0.838. The first-order valence-electron chi connectivity index (χ1n) is 5.57. The van der Waals surface area contributed by atoms with E-state index in [-0.39, 0.29) is 6.61 Å². The van der Waals surface area contributed by atoms with E-state index in [4.69, 9.17) is 49.7 Å². The maximum Gasteiger partial charge on any atom is 0.146 e. The third-order valence-electron chi connectivity index (χ3n) is 2.60. The van der Waals surface area contributed by atoms with Crippen LogP contribution in [0.15, 0.2) is 22.6 Å². The lowest BCUT2D eigenvalue weighted by atomic mass is 10.2. The molecule has 102 valence electrons. The molecule has 0 saturated heterocycles. The van der Waals surface area contributed by atoms with E-state index in [1.807, 2.05) is 13.0 Å². The van der Waals surface area contributed by atoms with Crippen molar-refractivity contribution in [3.8, 4) is 5.75 Å². The molecule has 6 heteroatoms. The van der Waals surface area contributed by atoms with Gasteiger partial charge in [0.05, 0.1) is 21.6 Å². The van der Waals surface area contributed by atoms with E-state index in [1.165, 1.54) is 0 Å². The normalized spacial score (nSPS) is 10.8. The Bertz CT molecular complexity index is 596. The van der Waals surface area contributed by atoms with E-state index in [9.17, 15) is 0 Å². The third-order valence-corrected chi connectivity index (χ3v) is 3.62. The Labute approximate surface area is 126 Å². The number of nitrogens with two attached hydrogens (primary N) is 1. The van der Waals surface area contributed by atoms with Gasteiger partial charge in [-0.3, -0.25) is 0 Å². The molecule has 0 fully saturated rings. The molecular weight excluding hydrogens is 309 g/mol. The van der Waals surface area contributed by atoms with Gasteiger partial charge in [0.2, 0.25) is 0 Å². The molecule has 0 spiro atoms. The molecule has 2 aromatic rings. The van der Waals surface area contributed by atoms with Crippen LogP contribution in [0.25, 0.3) is 0 Å². The number of hydrogen-bond donors (Lipinski definition) is 1. The highest BCUT2D eigenvalue weighted by molar-refractivity contribution is 6.43. The van der Waals surface area contributed by atoms with Crippen molar-refractivity contribution in [3.63, 3.8) is 0 Å². The van der Waals surface area contributed by atoms with Crippen LogP contribution in [-0.4, -0.2) is 0 Å². The van der Waals surface area contributed by atoms with Crippen LogP contribution in [0.2, 0.25) is 15.1 Å². The van der Waals surface area contributed by atoms with Gasteiger partial charge >= 0.3 is 0 Å². The molecule has 1 aromatic carbocycles. The van der Waals surface area contributed by atoms with Crippen LogP contribution in [0.1, 0.15) is 17.1 Å². The topological polar surface area (TPSA) is 48.4 Å². The molecule has 2 rings (SSSR count). The van der Waals surface area contributed by atoms with E-state index in [2.05, 4.69) is 0 Å². The van der Waals surface area contributed by atoms with Gasteiger partial charge in [-0.15, -0.1) is 0 Å². The molecule has 2 N–H and O–H groups in total. The molecule has 0 aliphatic rings. The van der Waals surface area contributed by atoms with Crippen LogP contribution in [0.4, 0.5) is 0 Å². The molecule has 0 aliphatic heterocycles. The van der Waals surface area contributed by atoms with E-state index >= 15 is 0 Å². The molecule has 0 bridgehead atoms. The number of hydrogen-bond acceptors (Lipinski definition) is 3. The van der Waals surface area contributed by atoms with Crippen molar-refractivity contribution in [3.05, 3.63) is 50.4 Å². The molecule has 0 radical (unpaired) electrons. The summed E-state index contributed by atoms with van der Waals surface area (Å²) in [5, 5.41) is 1.18. The van der Waals surface area contributed by atoms with Crippen molar-refractivity contribution in [1.82, 2.24) is 0 Å².